The number of ether oxygens (including phenoxy) is 1. The van der Waals surface area contributed by atoms with Crippen LogP contribution in [0.4, 0.5) is 11.4 Å². The predicted octanol–water partition coefficient (Wildman–Crippen LogP) is 4.39. The standard InChI is InChI=1S/C26H35N5O2.HI/c1-27-26(30-22-14-15-31(18-22)23-12-5-6-13-24(23)33-2)28-17-19-8-7-11-21(16-19)29-25(32)20-9-3-4-10-20;/h5-8,11-13,16,20,22H,3-4,9-10,14-15,17-18H2,1-2H3,(H,29,32)(H2,27,28,30);1H. The summed E-state index contributed by atoms with van der Waals surface area (Å²) in [4.78, 5) is 19.2. The van der Waals surface area contributed by atoms with Gasteiger partial charge in [0.2, 0.25) is 5.91 Å². The van der Waals surface area contributed by atoms with E-state index >= 15 is 0 Å². The molecule has 0 aromatic heterocycles. The fourth-order valence-electron chi connectivity index (χ4n) is 4.75. The van der Waals surface area contributed by atoms with Crippen LogP contribution in [0, 0.1) is 5.92 Å². The predicted molar refractivity (Wildman–Crippen MR) is 149 cm³/mol. The second kappa shape index (κ2) is 12.8. The van der Waals surface area contributed by atoms with Crippen LogP contribution >= 0.6 is 24.0 Å². The lowest BCUT2D eigenvalue weighted by molar-refractivity contribution is -0.119. The molecule has 1 unspecified atom stereocenters. The van der Waals surface area contributed by atoms with Gasteiger partial charge in [-0.15, -0.1) is 24.0 Å². The van der Waals surface area contributed by atoms with Crippen molar-refractivity contribution in [1.29, 1.82) is 0 Å². The third-order valence-electron chi connectivity index (χ3n) is 6.56. The summed E-state index contributed by atoms with van der Waals surface area (Å²) in [6.45, 7) is 2.50. The Morgan fingerprint density at radius 3 is 2.68 bits per heavy atom. The van der Waals surface area contributed by atoms with Gasteiger partial charge in [0.25, 0.3) is 0 Å². The number of guanidine groups is 1. The van der Waals surface area contributed by atoms with Crippen LogP contribution in [0.2, 0.25) is 0 Å². The normalized spacial score (nSPS) is 18.4. The molecule has 2 aromatic carbocycles. The monoisotopic (exact) mass is 577 g/mol. The first kappa shape index (κ1) is 26.1. The van der Waals surface area contributed by atoms with Crippen molar-refractivity contribution in [3.63, 3.8) is 0 Å². The van der Waals surface area contributed by atoms with Crippen LogP contribution in [0.3, 0.4) is 0 Å². The zero-order valence-corrected chi connectivity index (χ0v) is 22.4. The van der Waals surface area contributed by atoms with E-state index < -0.39 is 0 Å². The highest BCUT2D eigenvalue weighted by molar-refractivity contribution is 14.0. The van der Waals surface area contributed by atoms with Crippen LogP contribution in [0.25, 0.3) is 0 Å². The Kier molecular flexibility index (Phi) is 9.86. The summed E-state index contributed by atoms with van der Waals surface area (Å²) in [6.07, 6.45) is 5.36. The summed E-state index contributed by atoms with van der Waals surface area (Å²) < 4.78 is 5.52. The lowest BCUT2D eigenvalue weighted by Crippen LogP contribution is -2.44. The number of nitrogens with one attached hydrogen (secondary N) is 3. The van der Waals surface area contributed by atoms with Gasteiger partial charge in [0.1, 0.15) is 5.75 Å². The van der Waals surface area contributed by atoms with Gasteiger partial charge in [0, 0.05) is 44.3 Å². The van der Waals surface area contributed by atoms with Crippen LogP contribution in [0.15, 0.2) is 53.5 Å². The van der Waals surface area contributed by atoms with E-state index in [0.29, 0.717) is 12.6 Å². The molecule has 4 rings (SSSR count). The van der Waals surface area contributed by atoms with Crippen molar-refractivity contribution >= 4 is 47.2 Å². The largest absolute Gasteiger partial charge is 0.495 e. The van der Waals surface area contributed by atoms with Crippen molar-refractivity contribution in [3.8, 4) is 5.75 Å². The van der Waals surface area contributed by atoms with Crippen molar-refractivity contribution in [2.24, 2.45) is 10.9 Å². The van der Waals surface area contributed by atoms with E-state index in [4.69, 9.17) is 4.74 Å². The van der Waals surface area contributed by atoms with Crippen molar-refractivity contribution in [2.45, 2.75) is 44.7 Å². The van der Waals surface area contributed by atoms with Gasteiger partial charge in [-0.25, -0.2) is 0 Å². The summed E-state index contributed by atoms with van der Waals surface area (Å²) >= 11 is 0. The molecule has 0 spiro atoms. The number of rotatable bonds is 7. The molecule has 1 heterocycles. The van der Waals surface area contributed by atoms with Gasteiger partial charge >= 0.3 is 0 Å². The van der Waals surface area contributed by atoms with Gasteiger partial charge < -0.3 is 25.6 Å². The number of halogens is 1. The quantitative estimate of drug-likeness (QED) is 0.259. The molecule has 1 aliphatic heterocycles. The molecule has 8 heteroatoms. The van der Waals surface area contributed by atoms with Crippen LogP contribution in [-0.2, 0) is 11.3 Å². The summed E-state index contributed by atoms with van der Waals surface area (Å²) in [6, 6.07) is 16.5. The van der Waals surface area contributed by atoms with Crippen molar-refractivity contribution < 1.29 is 9.53 Å². The maximum atomic E-state index is 12.4. The molecule has 2 aliphatic rings. The summed E-state index contributed by atoms with van der Waals surface area (Å²) in [7, 11) is 3.51. The zero-order valence-electron chi connectivity index (χ0n) is 20.0. The average Bonchev–Trinajstić information content (AvgIpc) is 3.54. The molecule has 1 atom stereocenters. The Balaban J connectivity index is 0.00000324. The molecule has 34 heavy (non-hydrogen) atoms. The second-order valence-electron chi connectivity index (χ2n) is 8.84. The first-order chi connectivity index (χ1) is 16.2. The van der Waals surface area contributed by atoms with E-state index in [1.807, 2.05) is 36.4 Å². The first-order valence-electron chi connectivity index (χ1n) is 11.9. The van der Waals surface area contributed by atoms with Crippen LogP contribution < -0.4 is 25.6 Å². The zero-order chi connectivity index (χ0) is 23.0. The van der Waals surface area contributed by atoms with E-state index in [-0.39, 0.29) is 35.8 Å². The Bertz CT molecular complexity index is 977. The SMILES string of the molecule is CN=C(NCc1cccc(NC(=O)C2CCCC2)c1)NC1CCN(c2ccccc2OC)C1.I. The number of hydrogen-bond donors (Lipinski definition) is 3. The second-order valence-corrected chi connectivity index (χ2v) is 8.84. The molecule has 3 N–H and O–H groups in total. The molecular formula is C26H36IN5O2. The van der Waals surface area contributed by atoms with E-state index in [0.717, 1.165) is 73.8 Å². The lowest BCUT2D eigenvalue weighted by Gasteiger charge is -2.22. The highest BCUT2D eigenvalue weighted by Crippen LogP contribution is 2.30. The fourth-order valence-corrected chi connectivity index (χ4v) is 4.75. The van der Waals surface area contributed by atoms with Gasteiger partial charge in [-0.2, -0.15) is 0 Å². The van der Waals surface area contributed by atoms with Crippen LogP contribution in [-0.4, -0.2) is 45.2 Å². The van der Waals surface area contributed by atoms with Crippen LogP contribution in [0.1, 0.15) is 37.7 Å². The van der Waals surface area contributed by atoms with Gasteiger partial charge in [-0.1, -0.05) is 37.1 Å². The minimum Gasteiger partial charge on any atom is -0.495 e. The molecule has 184 valence electrons. The molecule has 0 radical (unpaired) electrons. The number of methoxy groups -OCH3 is 1. The molecule has 1 amide bonds. The van der Waals surface area contributed by atoms with Gasteiger partial charge in [-0.05, 0) is 49.1 Å². The van der Waals surface area contributed by atoms with E-state index in [1.54, 1.807) is 14.2 Å². The number of nitrogens with zero attached hydrogens (tertiary/aromatic N) is 2. The molecule has 2 aromatic rings. The van der Waals surface area contributed by atoms with Crippen molar-refractivity contribution in [3.05, 3.63) is 54.1 Å². The smallest absolute Gasteiger partial charge is 0.227 e. The number of carbonyl (C=O) groups is 1. The third-order valence-corrected chi connectivity index (χ3v) is 6.56. The number of carbonyl (C=O) groups excluding carboxylic acids is 1. The Morgan fingerprint density at radius 2 is 1.91 bits per heavy atom. The number of aliphatic imine (C=N–C) groups is 1. The maximum Gasteiger partial charge on any atom is 0.227 e. The Morgan fingerprint density at radius 1 is 1.12 bits per heavy atom. The average molecular weight is 578 g/mol. The topological polar surface area (TPSA) is 78.0 Å². The van der Waals surface area contributed by atoms with Gasteiger partial charge in [0.05, 0.1) is 12.8 Å². The number of benzene rings is 2. The molecule has 1 aliphatic carbocycles. The Labute approximate surface area is 219 Å². The lowest BCUT2D eigenvalue weighted by atomic mass is 10.1. The van der Waals surface area contributed by atoms with Crippen molar-refractivity contribution in [1.82, 2.24) is 10.6 Å². The highest BCUT2D eigenvalue weighted by atomic mass is 127. The van der Waals surface area contributed by atoms with Crippen LogP contribution in [0.5, 0.6) is 5.75 Å². The molecular weight excluding hydrogens is 541 g/mol. The third kappa shape index (κ3) is 6.77. The maximum absolute atomic E-state index is 12.4. The van der Waals surface area contributed by atoms with E-state index in [9.17, 15) is 4.79 Å². The minimum atomic E-state index is 0. The van der Waals surface area contributed by atoms with Gasteiger partial charge in [0.15, 0.2) is 5.96 Å². The van der Waals surface area contributed by atoms with Gasteiger partial charge in [-0.3, -0.25) is 9.79 Å². The molecule has 1 saturated heterocycles. The molecule has 1 saturated carbocycles. The first-order valence-corrected chi connectivity index (χ1v) is 11.9. The van der Waals surface area contributed by atoms with Crippen molar-refractivity contribution in [2.75, 3.05) is 37.5 Å². The van der Waals surface area contributed by atoms with E-state index in [2.05, 4.69) is 38.0 Å². The highest BCUT2D eigenvalue weighted by Gasteiger charge is 2.25. The number of anilines is 2. The molecule has 0 bridgehead atoms. The molecule has 2 fully saturated rings. The number of para-hydroxylation sites is 2. The molecule has 7 nitrogen and oxygen atoms in total. The number of amides is 1. The summed E-state index contributed by atoms with van der Waals surface area (Å²) in [5, 5.41) is 10.0. The minimum absolute atomic E-state index is 0. The summed E-state index contributed by atoms with van der Waals surface area (Å²) in [5.41, 5.74) is 3.09. The van der Waals surface area contributed by atoms with E-state index in [1.165, 1.54) is 0 Å². The summed E-state index contributed by atoms with van der Waals surface area (Å²) in [5.74, 6) is 2.00. The Hall–Kier alpha value is -2.49. The fraction of sp³-hybridized carbons (Fsp3) is 0.462. The number of hydrogen-bond acceptors (Lipinski definition) is 4.